The van der Waals surface area contributed by atoms with Gasteiger partial charge in [-0.1, -0.05) is 35.9 Å². The van der Waals surface area contributed by atoms with Gasteiger partial charge in [0.25, 0.3) is 0 Å². The van der Waals surface area contributed by atoms with Gasteiger partial charge in [-0.15, -0.1) is 24.0 Å². The molecule has 0 spiro atoms. The first kappa shape index (κ1) is 20.8. The van der Waals surface area contributed by atoms with E-state index in [1.54, 1.807) is 12.3 Å². The van der Waals surface area contributed by atoms with Crippen molar-refractivity contribution in [2.75, 3.05) is 20.1 Å². The van der Waals surface area contributed by atoms with E-state index < -0.39 is 0 Å². The van der Waals surface area contributed by atoms with Gasteiger partial charge in [0.2, 0.25) is 0 Å². The number of pyridine rings is 1. The van der Waals surface area contributed by atoms with Gasteiger partial charge in [0, 0.05) is 45.7 Å². The quantitative estimate of drug-likeness (QED) is 0.307. The molecule has 1 aliphatic heterocycles. The molecule has 1 fully saturated rings. The number of aliphatic imine (C=N–C) groups is 1. The van der Waals surface area contributed by atoms with Crippen molar-refractivity contribution in [3.05, 3.63) is 59.4 Å². The fourth-order valence-corrected chi connectivity index (χ4v) is 3.01. The maximum atomic E-state index is 6.05. The summed E-state index contributed by atoms with van der Waals surface area (Å²) >= 11 is 5.82. The lowest BCUT2D eigenvalue weighted by Crippen LogP contribution is -2.47. The number of nitrogens with one attached hydrogen (secondary N) is 1. The molecular weight excluding hydrogens is 463 g/mol. The molecule has 0 aliphatic carbocycles. The number of para-hydroxylation sites is 1. The Morgan fingerprint density at radius 3 is 2.58 bits per heavy atom. The fourth-order valence-electron chi connectivity index (χ4n) is 2.90. The van der Waals surface area contributed by atoms with Crippen molar-refractivity contribution >= 4 is 41.5 Å². The minimum absolute atomic E-state index is 0. The van der Waals surface area contributed by atoms with Crippen molar-refractivity contribution in [3.63, 3.8) is 0 Å². The summed E-state index contributed by atoms with van der Waals surface area (Å²) < 4.78 is 6.05. The molecule has 1 saturated heterocycles. The van der Waals surface area contributed by atoms with Crippen LogP contribution in [-0.4, -0.2) is 42.1 Å². The van der Waals surface area contributed by atoms with Gasteiger partial charge in [-0.25, -0.2) is 4.98 Å². The standard InChI is InChI=1S/C19H23ClN4O.HI/c1-21-19(23-14-15-7-8-18(20)22-13-15)24-11-9-17(10-12-24)25-16-5-3-2-4-6-16;/h2-8,13,17H,9-12,14H2,1H3,(H,21,23);1H. The minimum atomic E-state index is 0. The smallest absolute Gasteiger partial charge is 0.193 e. The largest absolute Gasteiger partial charge is 0.490 e. The van der Waals surface area contributed by atoms with E-state index in [2.05, 4.69) is 20.2 Å². The zero-order chi connectivity index (χ0) is 17.5. The van der Waals surface area contributed by atoms with E-state index in [9.17, 15) is 0 Å². The molecule has 2 heterocycles. The van der Waals surface area contributed by atoms with Crippen LogP contribution in [0.1, 0.15) is 18.4 Å². The number of rotatable bonds is 4. The summed E-state index contributed by atoms with van der Waals surface area (Å²) in [7, 11) is 1.81. The molecule has 5 nitrogen and oxygen atoms in total. The van der Waals surface area contributed by atoms with Gasteiger partial charge >= 0.3 is 0 Å². The van der Waals surface area contributed by atoms with E-state index in [4.69, 9.17) is 16.3 Å². The highest BCUT2D eigenvalue weighted by Gasteiger charge is 2.22. The Morgan fingerprint density at radius 1 is 1.23 bits per heavy atom. The topological polar surface area (TPSA) is 49.8 Å². The van der Waals surface area contributed by atoms with Crippen molar-refractivity contribution in [1.82, 2.24) is 15.2 Å². The number of nitrogens with zero attached hydrogens (tertiary/aromatic N) is 3. The van der Waals surface area contributed by atoms with Gasteiger partial charge in [0.1, 0.15) is 17.0 Å². The Labute approximate surface area is 176 Å². The summed E-state index contributed by atoms with van der Waals surface area (Å²) in [5.74, 6) is 1.85. The van der Waals surface area contributed by atoms with Crippen LogP contribution in [0.25, 0.3) is 0 Å². The van der Waals surface area contributed by atoms with E-state index in [1.165, 1.54) is 0 Å². The highest BCUT2D eigenvalue weighted by molar-refractivity contribution is 14.0. The van der Waals surface area contributed by atoms with E-state index in [0.29, 0.717) is 11.7 Å². The summed E-state index contributed by atoms with van der Waals surface area (Å²) in [5.41, 5.74) is 1.08. The lowest BCUT2D eigenvalue weighted by atomic mass is 10.1. The SMILES string of the molecule is CN=C(NCc1ccc(Cl)nc1)N1CCC(Oc2ccccc2)CC1.I. The second-order valence-electron chi connectivity index (χ2n) is 6.01. The molecule has 0 saturated carbocycles. The Bertz CT molecular complexity index is 688. The zero-order valence-corrected chi connectivity index (χ0v) is 17.9. The molecule has 26 heavy (non-hydrogen) atoms. The van der Waals surface area contributed by atoms with Crippen molar-refractivity contribution in [2.45, 2.75) is 25.5 Å². The first-order valence-electron chi connectivity index (χ1n) is 8.52. The van der Waals surface area contributed by atoms with Crippen LogP contribution in [0.3, 0.4) is 0 Å². The number of likely N-dealkylation sites (tertiary alicyclic amines) is 1. The third-order valence-electron chi connectivity index (χ3n) is 4.24. The zero-order valence-electron chi connectivity index (χ0n) is 14.8. The number of aromatic nitrogens is 1. The maximum Gasteiger partial charge on any atom is 0.193 e. The third kappa shape index (κ3) is 6.02. The van der Waals surface area contributed by atoms with Gasteiger partial charge in [-0.3, -0.25) is 4.99 Å². The summed E-state index contributed by atoms with van der Waals surface area (Å²) in [6, 6.07) is 13.8. The molecule has 1 N–H and O–H groups in total. The number of halogens is 2. The number of hydrogen-bond acceptors (Lipinski definition) is 3. The van der Waals surface area contributed by atoms with Crippen LogP contribution in [0.4, 0.5) is 0 Å². The molecule has 2 aromatic rings. The Morgan fingerprint density at radius 2 is 1.96 bits per heavy atom. The number of ether oxygens (including phenoxy) is 1. The van der Waals surface area contributed by atoms with Crippen LogP contribution in [0.15, 0.2) is 53.7 Å². The Hall–Kier alpha value is -1.54. The van der Waals surface area contributed by atoms with Crippen molar-refractivity contribution in [3.8, 4) is 5.75 Å². The van der Waals surface area contributed by atoms with Crippen molar-refractivity contribution in [1.29, 1.82) is 0 Å². The maximum absolute atomic E-state index is 6.05. The lowest BCUT2D eigenvalue weighted by Gasteiger charge is -2.34. The first-order chi connectivity index (χ1) is 12.2. The van der Waals surface area contributed by atoms with E-state index in [-0.39, 0.29) is 30.1 Å². The predicted octanol–water partition coefficient (Wildman–Crippen LogP) is 3.97. The fraction of sp³-hybridized carbons (Fsp3) is 0.368. The molecule has 0 atom stereocenters. The minimum Gasteiger partial charge on any atom is -0.490 e. The van der Waals surface area contributed by atoms with Crippen LogP contribution in [0.5, 0.6) is 5.75 Å². The Kier molecular flexibility index (Phi) is 8.44. The molecular formula is C19H24ClIN4O. The third-order valence-corrected chi connectivity index (χ3v) is 4.46. The summed E-state index contributed by atoms with van der Waals surface area (Å²) in [6.07, 6.45) is 4.01. The predicted molar refractivity (Wildman–Crippen MR) is 117 cm³/mol. The molecule has 1 aliphatic rings. The number of hydrogen-bond donors (Lipinski definition) is 1. The van der Waals surface area contributed by atoms with E-state index in [1.807, 2.05) is 43.4 Å². The molecule has 0 unspecified atom stereocenters. The van der Waals surface area contributed by atoms with Gasteiger partial charge in [-0.2, -0.15) is 0 Å². The van der Waals surface area contributed by atoms with Crippen LogP contribution in [-0.2, 0) is 6.54 Å². The molecule has 7 heteroatoms. The molecule has 3 rings (SSSR count). The van der Waals surface area contributed by atoms with Crippen LogP contribution >= 0.6 is 35.6 Å². The summed E-state index contributed by atoms with van der Waals surface area (Å²) in [6.45, 7) is 2.53. The molecule has 140 valence electrons. The van der Waals surface area contributed by atoms with Gasteiger partial charge in [0.05, 0.1) is 0 Å². The average Bonchev–Trinajstić information content (AvgIpc) is 2.66. The average molecular weight is 487 g/mol. The Balaban J connectivity index is 0.00000243. The molecule has 1 aromatic heterocycles. The van der Waals surface area contributed by atoms with Gasteiger partial charge in [-0.05, 0) is 23.8 Å². The van der Waals surface area contributed by atoms with Crippen LogP contribution < -0.4 is 10.1 Å². The highest BCUT2D eigenvalue weighted by atomic mass is 127. The summed E-state index contributed by atoms with van der Waals surface area (Å²) in [4.78, 5) is 10.8. The molecule has 1 aromatic carbocycles. The van der Waals surface area contributed by atoms with Crippen LogP contribution in [0.2, 0.25) is 5.15 Å². The second-order valence-corrected chi connectivity index (χ2v) is 6.39. The normalized spacial score (nSPS) is 15.3. The molecule has 0 radical (unpaired) electrons. The van der Waals surface area contributed by atoms with E-state index >= 15 is 0 Å². The molecule has 0 amide bonds. The monoisotopic (exact) mass is 486 g/mol. The van der Waals surface area contributed by atoms with Crippen molar-refractivity contribution < 1.29 is 4.74 Å². The second kappa shape index (κ2) is 10.6. The number of benzene rings is 1. The van der Waals surface area contributed by atoms with Crippen LogP contribution in [0, 0.1) is 0 Å². The van der Waals surface area contributed by atoms with E-state index in [0.717, 1.165) is 43.2 Å². The molecule has 0 bridgehead atoms. The van der Waals surface area contributed by atoms with Gasteiger partial charge < -0.3 is 15.0 Å². The highest BCUT2D eigenvalue weighted by Crippen LogP contribution is 2.18. The first-order valence-corrected chi connectivity index (χ1v) is 8.90. The van der Waals surface area contributed by atoms with Crippen molar-refractivity contribution in [2.24, 2.45) is 4.99 Å². The van der Waals surface area contributed by atoms with Gasteiger partial charge in [0.15, 0.2) is 5.96 Å². The number of piperidine rings is 1. The number of guanidine groups is 1. The summed E-state index contributed by atoms with van der Waals surface area (Å²) in [5, 5.41) is 3.90. The lowest BCUT2D eigenvalue weighted by molar-refractivity contribution is 0.129.